The summed E-state index contributed by atoms with van der Waals surface area (Å²) in [4.78, 5) is 14.4. The summed E-state index contributed by atoms with van der Waals surface area (Å²) in [6, 6.07) is 18.6. The lowest BCUT2D eigenvalue weighted by molar-refractivity contribution is 0.0793. The fourth-order valence-electron chi connectivity index (χ4n) is 3.72. The summed E-state index contributed by atoms with van der Waals surface area (Å²) in [5.74, 6) is -1.08. The van der Waals surface area contributed by atoms with E-state index >= 15 is 0 Å². The van der Waals surface area contributed by atoms with Gasteiger partial charge in [-0.3, -0.25) is 9.52 Å². The molecule has 10 heteroatoms. The summed E-state index contributed by atoms with van der Waals surface area (Å²) in [5, 5.41) is -0.710. The van der Waals surface area contributed by atoms with E-state index < -0.39 is 36.8 Å². The van der Waals surface area contributed by atoms with Gasteiger partial charge in [-0.2, -0.15) is 0 Å². The third kappa shape index (κ3) is 4.91. The van der Waals surface area contributed by atoms with Gasteiger partial charge in [0, 0.05) is 24.3 Å². The van der Waals surface area contributed by atoms with Crippen molar-refractivity contribution < 1.29 is 26.0 Å². The third-order valence-electron chi connectivity index (χ3n) is 5.41. The van der Waals surface area contributed by atoms with Crippen LogP contribution in [0.2, 0.25) is 0 Å². The molecular weight excluding hydrogens is 467 g/mol. The quantitative estimate of drug-likeness (QED) is 0.574. The lowest BCUT2D eigenvalue weighted by Crippen LogP contribution is -2.32. The Morgan fingerprint density at radius 1 is 0.879 bits per heavy atom. The molecule has 0 aliphatic carbocycles. The van der Waals surface area contributed by atoms with Crippen LogP contribution in [0, 0.1) is 5.82 Å². The topological polar surface area (TPSA) is 101 Å². The molecule has 172 valence electrons. The van der Waals surface area contributed by atoms with Gasteiger partial charge in [0.25, 0.3) is 15.9 Å². The summed E-state index contributed by atoms with van der Waals surface area (Å²) in [6.45, 7) is 0.324. The SMILES string of the molecule is O=C(c1cccc(NS(=O)(=O)c2cccc(F)c2)c1)N1CCC(S(=O)(=O)c2ccccc2)C1. The van der Waals surface area contributed by atoms with Crippen molar-refractivity contribution in [3.05, 3.63) is 90.2 Å². The molecule has 1 N–H and O–H groups in total. The highest BCUT2D eigenvalue weighted by Crippen LogP contribution is 2.26. The van der Waals surface area contributed by atoms with Crippen LogP contribution in [0.5, 0.6) is 0 Å². The van der Waals surface area contributed by atoms with Gasteiger partial charge in [0.15, 0.2) is 9.84 Å². The van der Waals surface area contributed by atoms with Crippen molar-refractivity contribution >= 4 is 31.5 Å². The molecule has 0 saturated carbocycles. The molecule has 3 aromatic carbocycles. The molecule has 1 aliphatic rings. The number of sulfone groups is 1. The average Bonchev–Trinajstić information content (AvgIpc) is 3.30. The van der Waals surface area contributed by atoms with Crippen LogP contribution >= 0.6 is 0 Å². The van der Waals surface area contributed by atoms with Gasteiger partial charge in [-0.15, -0.1) is 0 Å². The minimum absolute atomic E-state index is 0.0509. The second-order valence-corrected chi connectivity index (χ2v) is 11.6. The lowest BCUT2D eigenvalue weighted by atomic mass is 10.2. The molecule has 3 aromatic rings. The number of nitrogens with zero attached hydrogens (tertiary/aromatic N) is 1. The maximum absolute atomic E-state index is 13.4. The van der Waals surface area contributed by atoms with Crippen LogP contribution in [0.4, 0.5) is 10.1 Å². The summed E-state index contributed by atoms with van der Waals surface area (Å²) >= 11 is 0. The summed E-state index contributed by atoms with van der Waals surface area (Å²) in [7, 11) is -7.62. The second kappa shape index (κ2) is 8.95. The summed E-state index contributed by atoms with van der Waals surface area (Å²) in [6.07, 6.45) is 0.314. The van der Waals surface area contributed by atoms with Crippen LogP contribution in [0.15, 0.2) is 88.7 Å². The predicted molar refractivity (Wildman–Crippen MR) is 122 cm³/mol. The second-order valence-electron chi connectivity index (χ2n) is 7.66. The number of anilines is 1. The zero-order valence-corrected chi connectivity index (χ0v) is 19.0. The molecule has 1 atom stereocenters. The first-order valence-electron chi connectivity index (χ1n) is 10.1. The molecule has 1 heterocycles. The molecule has 0 aromatic heterocycles. The Morgan fingerprint density at radius 2 is 1.58 bits per heavy atom. The van der Waals surface area contributed by atoms with Gasteiger partial charge >= 0.3 is 0 Å². The molecule has 33 heavy (non-hydrogen) atoms. The van der Waals surface area contributed by atoms with Gasteiger partial charge in [-0.25, -0.2) is 21.2 Å². The number of benzene rings is 3. The standard InChI is InChI=1S/C23H21FN2O5S2/c24-18-7-5-11-21(15-18)33(30,31)25-19-8-4-6-17(14-19)23(27)26-13-12-22(16-26)32(28,29)20-9-2-1-3-10-20/h1-11,14-15,22,25H,12-13,16H2. The minimum atomic E-state index is -4.05. The largest absolute Gasteiger partial charge is 0.337 e. The zero-order valence-electron chi connectivity index (χ0n) is 17.4. The lowest BCUT2D eigenvalue weighted by Gasteiger charge is -2.17. The Balaban J connectivity index is 1.49. The fourth-order valence-corrected chi connectivity index (χ4v) is 6.51. The van der Waals surface area contributed by atoms with Crippen LogP contribution in [0.3, 0.4) is 0 Å². The van der Waals surface area contributed by atoms with Crippen LogP contribution in [-0.2, 0) is 19.9 Å². The molecule has 1 fully saturated rings. The number of hydrogen-bond donors (Lipinski definition) is 1. The summed E-state index contributed by atoms with van der Waals surface area (Å²) in [5.41, 5.74) is 0.352. The van der Waals surface area contributed by atoms with Crippen molar-refractivity contribution in [1.82, 2.24) is 4.90 Å². The van der Waals surface area contributed by atoms with E-state index in [2.05, 4.69) is 4.72 Å². The van der Waals surface area contributed by atoms with E-state index in [1.807, 2.05) is 0 Å². The highest BCUT2D eigenvalue weighted by atomic mass is 32.2. The van der Waals surface area contributed by atoms with E-state index in [9.17, 15) is 26.0 Å². The first-order valence-corrected chi connectivity index (χ1v) is 13.2. The molecule has 1 unspecified atom stereocenters. The number of amides is 1. The van der Waals surface area contributed by atoms with Crippen LogP contribution in [0.25, 0.3) is 0 Å². The molecule has 0 radical (unpaired) electrons. The molecule has 0 bridgehead atoms. The van der Waals surface area contributed by atoms with Gasteiger partial charge in [0.05, 0.1) is 15.0 Å². The number of carbonyl (C=O) groups excluding carboxylic acids is 1. The first-order chi connectivity index (χ1) is 15.7. The van der Waals surface area contributed by atoms with E-state index in [4.69, 9.17) is 0 Å². The predicted octanol–water partition coefficient (Wildman–Crippen LogP) is 3.31. The fraction of sp³-hybridized carbons (Fsp3) is 0.174. The zero-order chi connectivity index (χ0) is 23.6. The van der Waals surface area contributed by atoms with E-state index in [-0.39, 0.29) is 34.1 Å². The summed E-state index contributed by atoms with van der Waals surface area (Å²) < 4.78 is 66.6. The van der Waals surface area contributed by atoms with Gasteiger partial charge in [0.1, 0.15) is 5.82 Å². The molecular formula is C23H21FN2O5S2. The first kappa shape index (κ1) is 22.9. The number of nitrogens with one attached hydrogen (secondary N) is 1. The van der Waals surface area contributed by atoms with Crippen molar-refractivity contribution in [3.63, 3.8) is 0 Å². The monoisotopic (exact) mass is 488 g/mol. The molecule has 1 aliphatic heterocycles. The number of rotatable bonds is 6. The number of carbonyl (C=O) groups is 1. The number of halogens is 1. The smallest absolute Gasteiger partial charge is 0.261 e. The maximum Gasteiger partial charge on any atom is 0.261 e. The number of hydrogen-bond acceptors (Lipinski definition) is 5. The Kier molecular flexibility index (Phi) is 6.22. The maximum atomic E-state index is 13.4. The molecule has 4 rings (SSSR count). The Hall–Kier alpha value is -3.24. The highest BCUT2D eigenvalue weighted by Gasteiger charge is 2.36. The van der Waals surface area contributed by atoms with Gasteiger partial charge in [-0.1, -0.05) is 30.3 Å². The van der Waals surface area contributed by atoms with E-state index in [1.54, 1.807) is 18.2 Å². The number of sulfonamides is 1. The van der Waals surface area contributed by atoms with Gasteiger partial charge in [0.2, 0.25) is 0 Å². The van der Waals surface area contributed by atoms with E-state index in [1.165, 1.54) is 53.4 Å². The van der Waals surface area contributed by atoms with Crippen LogP contribution in [0.1, 0.15) is 16.8 Å². The van der Waals surface area contributed by atoms with Crippen molar-refractivity contribution in [2.24, 2.45) is 0 Å². The van der Waals surface area contributed by atoms with E-state index in [0.717, 1.165) is 12.1 Å². The molecule has 1 saturated heterocycles. The Morgan fingerprint density at radius 3 is 2.30 bits per heavy atom. The van der Waals surface area contributed by atoms with Gasteiger partial charge < -0.3 is 4.90 Å². The highest BCUT2D eigenvalue weighted by molar-refractivity contribution is 7.92. The Bertz CT molecular complexity index is 1390. The normalized spacial score (nSPS) is 16.5. The molecule has 7 nitrogen and oxygen atoms in total. The van der Waals surface area contributed by atoms with Crippen LogP contribution in [-0.4, -0.2) is 46.0 Å². The van der Waals surface area contributed by atoms with Crippen molar-refractivity contribution in [2.45, 2.75) is 21.5 Å². The van der Waals surface area contributed by atoms with E-state index in [0.29, 0.717) is 6.42 Å². The van der Waals surface area contributed by atoms with Crippen molar-refractivity contribution in [2.75, 3.05) is 17.8 Å². The number of likely N-dealkylation sites (tertiary alicyclic amines) is 1. The molecule has 1 amide bonds. The third-order valence-corrected chi connectivity index (χ3v) is 8.98. The van der Waals surface area contributed by atoms with Crippen molar-refractivity contribution in [1.29, 1.82) is 0 Å². The average molecular weight is 489 g/mol. The molecule has 0 spiro atoms. The Labute approximate surface area is 191 Å². The minimum Gasteiger partial charge on any atom is -0.337 e. The van der Waals surface area contributed by atoms with Gasteiger partial charge in [-0.05, 0) is 55.0 Å². The van der Waals surface area contributed by atoms with Crippen molar-refractivity contribution in [3.8, 4) is 0 Å². The van der Waals surface area contributed by atoms with Crippen LogP contribution < -0.4 is 4.72 Å².